The molecule has 0 aliphatic rings. The lowest BCUT2D eigenvalue weighted by atomic mass is 10.0. The number of aliphatic hydroxyl groups is 1. The Morgan fingerprint density at radius 2 is 0.484 bits per heavy atom. The minimum absolute atomic E-state index is 0.107. The largest absolute Gasteiger partial charge is 0.472 e. The van der Waals surface area contributed by atoms with Gasteiger partial charge in [0.2, 0.25) is 0 Å². The zero-order valence-corrected chi connectivity index (χ0v) is 63.6. The third-order valence-electron chi connectivity index (χ3n) is 17.8. The average molecular weight is 1400 g/mol. The number of phosphoric ester groups is 2. The van der Waals surface area contributed by atoms with Crippen LogP contribution in [-0.2, 0) is 65.4 Å². The monoisotopic (exact) mass is 1400 g/mol. The SMILES string of the molecule is CCCCCCCCCCCCCCCCCCCC(=O)O[C@H](COC(=O)CCCCCCCCCCCCCCCCCC)COP(=O)(O)OC[C@@H](O)COP(=O)(O)OC[C@@H](COC(=O)CCCCCCCCCC)OC(=O)CCCCCCCCCCCCCC(C)C. The van der Waals surface area contributed by atoms with E-state index in [0.717, 1.165) is 102 Å². The van der Waals surface area contributed by atoms with Crippen molar-refractivity contribution in [2.24, 2.45) is 5.92 Å². The standard InChI is InChI=1S/C76H148O17P2/c1-6-9-12-15-18-21-23-25-27-29-31-33-37-41-46-51-56-61-75(80)93-72(66-87-74(79)60-55-50-45-40-36-32-30-28-26-24-22-19-16-13-10-7-2)68-91-95(84,85)89-64-70(77)63-88-94(82,83)90-67-71(65-86-73(78)59-54-49-44-20-17-14-11-8-3)92-76(81)62-57-52-47-42-38-34-35-39-43-48-53-58-69(4)5/h69-72,77H,6-68H2,1-5H3,(H,82,83)(H,84,85)/t70-,71+,72+/m0/s1. The van der Waals surface area contributed by atoms with E-state index >= 15 is 0 Å². The normalized spacial score (nSPS) is 13.9. The molecule has 564 valence electrons. The number of hydrogen-bond donors (Lipinski definition) is 3. The summed E-state index contributed by atoms with van der Waals surface area (Å²) in [5, 5.41) is 10.6. The third kappa shape index (κ3) is 70.3. The van der Waals surface area contributed by atoms with Crippen LogP contribution < -0.4 is 0 Å². The van der Waals surface area contributed by atoms with Crippen LogP contribution in [0.3, 0.4) is 0 Å². The molecule has 0 aliphatic heterocycles. The predicted octanol–water partition coefficient (Wildman–Crippen LogP) is 22.5. The van der Waals surface area contributed by atoms with Gasteiger partial charge in [-0.25, -0.2) is 9.13 Å². The lowest BCUT2D eigenvalue weighted by Crippen LogP contribution is -2.30. The van der Waals surface area contributed by atoms with Crippen LogP contribution in [0.25, 0.3) is 0 Å². The van der Waals surface area contributed by atoms with E-state index < -0.39 is 97.5 Å². The van der Waals surface area contributed by atoms with Crippen LogP contribution in [-0.4, -0.2) is 96.7 Å². The number of ether oxygens (including phenoxy) is 4. The zero-order valence-electron chi connectivity index (χ0n) is 61.8. The minimum atomic E-state index is -4.96. The quantitative estimate of drug-likeness (QED) is 0.0222. The van der Waals surface area contributed by atoms with Gasteiger partial charge in [-0.2, -0.15) is 0 Å². The molecule has 5 atom stereocenters. The molecule has 0 aromatic rings. The van der Waals surface area contributed by atoms with E-state index in [2.05, 4.69) is 34.6 Å². The molecule has 0 saturated carbocycles. The van der Waals surface area contributed by atoms with Gasteiger partial charge >= 0.3 is 39.5 Å². The van der Waals surface area contributed by atoms with Gasteiger partial charge in [0.1, 0.15) is 19.3 Å². The summed E-state index contributed by atoms with van der Waals surface area (Å²) in [6, 6.07) is 0. The van der Waals surface area contributed by atoms with Gasteiger partial charge in [0, 0.05) is 25.7 Å². The number of hydrogen-bond acceptors (Lipinski definition) is 15. The number of carbonyl (C=O) groups is 4. The fourth-order valence-corrected chi connectivity index (χ4v) is 13.3. The minimum Gasteiger partial charge on any atom is -0.462 e. The Morgan fingerprint density at radius 1 is 0.284 bits per heavy atom. The molecular weight excluding hydrogens is 1250 g/mol. The Balaban J connectivity index is 5.21. The maximum atomic E-state index is 13.1. The molecule has 19 heteroatoms. The maximum absolute atomic E-state index is 13.1. The number of aliphatic hydroxyl groups excluding tert-OH is 1. The van der Waals surface area contributed by atoms with Crippen molar-refractivity contribution in [3.05, 3.63) is 0 Å². The first-order valence-electron chi connectivity index (χ1n) is 39.6. The highest BCUT2D eigenvalue weighted by molar-refractivity contribution is 7.47. The molecule has 0 spiro atoms. The molecule has 0 aromatic heterocycles. The highest BCUT2D eigenvalue weighted by Crippen LogP contribution is 2.45. The molecular formula is C76H148O17P2. The molecule has 0 radical (unpaired) electrons. The molecule has 0 heterocycles. The topological polar surface area (TPSA) is 237 Å². The second-order valence-electron chi connectivity index (χ2n) is 27.9. The summed E-state index contributed by atoms with van der Waals surface area (Å²) in [5.74, 6) is -1.35. The van der Waals surface area contributed by atoms with E-state index in [1.165, 1.54) is 218 Å². The summed E-state index contributed by atoms with van der Waals surface area (Å²) in [5.41, 5.74) is 0. The van der Waals surface area contributed by atoms with Gasteiger partial charge in [-0.1, -0.05) is 349 Å². The van der Waals surface area contributed by atoms with Crippen LogP contribution in [0.4, 0.5) is 0 Å². The van der Waals surface area contributed by atoms with Gasteiger partial charge in [-0.15, -0.1) is 0 Å². The Bertz CT molecular complexity index is 1820. The summed E-state index contributed by atoms with van der Waals surface area (Å²) in [7, 11) is -9.91. The zero-order chi connectivity index (χ0) is 69.8. The van der Waals surface area contributed by atoms with Crippen LogP contribution in [0.15, 0.2) is 0 Å². The van der Waals surface area contributed by atoms with Crippen molar-refractivity contribution in [1.82, 2.24) is 0 Å². The molecule has 0 fully saturated rings. The van der Waals surface area contributed by atoms with Crippen molar-refractivity contribution in [3.8, 4) is 0 Å². The summed E-state index contributed by atoms with van der Waals surface area (Å²) in [6.45, 7) is 7.27. The van der Waals surface area contributed by atoms with Gasteiger partial charge in [-0.3, -0.25) is 37.3 Å². The number of carbonyl (C=O) groups excluding carboxylic acids is 4. The van der Waals surface area contributed by atoms with Crippen LogP contribution in [0.5, 0.6) is 0 Å². The third-order valence-corrected chi connectivity index (χ3v) is 19.7. The van der Waals surface area contributed by atoms with E-state index in [1.54, 1.807) is 0 Å². The molecule has 0 aliphatic carbocycles. The molecule has 0 rings (SSSR count). The first-order valence-corrected chi connectivity index (χ1v) is 42.6. The Morgan fingerprint density at radius 3 is 0.716 bits per heavy atom. The van der Waals surface area contributed by atoms with Crippen molar-refractivity contribution < 1.29 is 80.2 Å². The molecule has 0 bridgehead atoms. The molecule has 0 aromatic carbocycles. The number of rotatable bonds is 76. The number of unbranched alkanes of at least 4 members (excludes halogenated alkanes) is 48. The van der Waals surface area contributed by atoms with Crippen molar-refractivity contribution >= 4 is 39.5 Å². The molecule has 3 N–H and O–H groups in total. The van der Waals surface area contributed by atoms with Gasteiger partial charge in [-0.05, 0) is 31.6 Å². The van der Waals surface area contributed by atoms with Crippen LogP contribution in [0.1, 0.15) is 401 Å². The second kappa shape index (κ2) is 69.2. The second-order valence-corrected chi connectivity index (χ2v) is 30.8. The van der Waals surface area contributed by atoms with Crippen LogP contribution in [0.2, 0.25) is 0 Å². The fourth-order valence-electron chi connectivity index (χ4n) is 11.7. The lowest BCUT2D eigenvalue weighted by Gasteiger charge is -2.21. The van der Waals surface area contributed by atoms with Gasteiger partial charge in [0.05, 0.1) is 26.4 Å². The van der Waals surface area contributed by atoms with E-state index in [-0.39, 0.29) is 25.7 Å². The molecule has 2 unspecified atom stereocenters. The Kier molecular flexibility index (Phi) is 67.7. The summed E-state index contributed by atoms with van der Waals surface area (Å²) in [4.78, 5) is 72.7. The molecule has 17 nitrogen and oxygen atoms in total. The lowest BCUT2D eigenvalue weighted by molar-refractivity contribution is -0.161. The van der Waals surface area contributed by atoms with Crippen molar-refractivity contribution in [3.63, 3.8) is 0 Å². The highest BCUT2D eigenvalue weighted by atomic mass is 31.2. The van der Waals surface area contributed by atoms with E-state index in [0.29, 0.717) is 25.7 Å². The number of esters is 4. The van der Waals surface area contributed by atoms with Crippen molar-refractivity contribution in [1.29, 1.82) is 0 Å². The summed E-state index contributed by atoms with van der Waals surface area (Å²) >= 11 is 0. The van der Waals surface area contributed by atoms with Crippen molar-refractivity contribution in [2.45, 2.75) is 419 Å². The van der Waals surface area contributed by atoms with E-state index in [4.69, 9.17) is 37.0 Å². The Labute approximate surface area is 581 Å². The van der Waals surface area contributed by atoms with Crippen LogP contribution in [0, 0.1) is 5.92 Å². The summed E-state index contributed by atoms with van der Waals surface area (Å²) in [6.07, 6.45) is 58.3. The maximum Gasteiger partial charge on any atom is 0.472 e. The predicted molar refractivity (Wildman–Crippen MR) is 386 cm³/mol. The summed E-state index contributed by atoms with van der Waals surface area (Å²) < 4.78 is 68.5. The molecule has 0 saturated heterocycles. The molecule has 0 amide bonds. The first kappa shape index (κ1) is 93.1. The first-order chi connectivity index (χ1) is 46.0. The molecule has 95 heavy (non-hydrogen) atoms. The van der Waals surface area contributed by atoms with Gasteiger partial charge < -0.3 is 33.8 Å². The van der Waals surface area contributed by atoms with Gasteiger partial charge in [0.25, 0.3) is 0 Å². The number of phosphoric acid groups is 2. The van der Waals surface area contributed by atoms with Gasteiger partial charge in [0.15, 0.2) is 12.2 Å². The van der Waals surface area contributed by atoms with Crippen molar-refractivity contribution in [2.75, 3.05) is 39.6 Å². The Hall–Kier alpha value is -1.94. The fraction of sp³-hybridized carbons (Fsp3) is 0.947. The van der Waals surface area contributed by atoms with E-state index in [1.807, 2.05) is 0 Å². The van der Waals surface area contributed by atoms with Crippen LogP contribution >= 0.6 is 15.6 Å². The smallest absolute Gasteiger partial charge is 0.462 e. The van der Waals surface area contributed by atoms with E-state index in [9.17, 15) is 43.2 Å². The average Bonchev–Trinajstić information content (AvgIpc) is 1.34. The highest BCUT2D eigenvalue weighted by Gasteiger charge is 2.30.